The molecule has 4 heteroatoms. The first-order valence-electron chi connectivity index (χ1n) is 6.64. The zero-order valence-corrected chi connectivity index (χ0v) is 11.2. The van der Waals surface area contributed by atoms with E-state index in [1.165, 1.54) is 0 Å². The number of anilines is 1. The molecule has 0 saturated carbocycles. The predicted molar refractivity (Wildman–Crippen MR) is 75.6 cm³/mol. The Morgan fingerprint density at radius 1 is 1.17 bits per heavy atom. The highest BCUT2D eigenvalue weighted by molar-refractivity contribution is 5.61. The lowest BCUT2D eigenvalue weighted by molar-refractivity contribution is 0.476. The molecule has 0 radical (unpaired) electrons. The molecular formula is C14H22N2O2. The summed E-state index contributed by atoms with van der Waals surface area (Å²) in [7, 11) is 0. The molecule has 100 valence electrons. The molecule has 1 aromatic rings. The number of aromatic hydroxyl groups is 1. The molecule has 1 aromatic carbocycles. The van der Waals surface area contributed by atoms with E-state index < -0.39 is 0 Å². The van der Waals surface area contributed by atoms with Gasteiger partial charge in [-0.15, -0.1) is 4.91 Å². The number of nitroso groups, excluding NO2 is 1. The summed E-state index contributed by atoms with van der Waals surface area (Å²) in [6.45, 7) is 6.28. The van der Waals surface area contributed by atoms with E-state index in [1.807, 2.05) is 6.07 Å². The second-order valence-electron chi connectivity index (χ2n) is 4.46. The van der Waals surface area contributed by atoms with Crippen LogP contribution in [0.15, 0.2) is 23.4 Å². The zero-order valence-electron chi connectivity index (χ0n) is 11.2. The van der Waals surface area contributed by atoms with E-state index in [4.69, 9.17) is 0 Å². The van der Waals surface area contributed by atoms with E-state index in [9.17, 15) is 10.0 Å². The molecule has 0 heterocycles. The summed E-state index contributed by atoms with van der Waals surface area (Å²) in [6.07, 6.45) is 4.53. The molecule has 1 rings (SSSR count). The number of benzene rings is 1. The van der Waals surface area contributed by atoms with Gasteiger partial charge in [0.1, 0.15) is 11.4 Å². The molecule has 4 nitrogen and oxygen atoms in total. The third-order valence-electron chi connectivity index (χ3n) is 2.99. The van der Waals surface area contributed by atoms with E-state index in [-0.39, 0.29) is 11.4 Å². The van der Waals surface area contributed by atoms with Crippen molar-refractivity contribution in [1.29, 1.82) is 0 Å². The lowest BCUT2D eigenvalue weighted by Crippen LogP contribution is -2.25. The first kappa shape index (κ1) is 14.5. The monoisotopic (exact) mass is 250 g/mol. The Kier molecular flexibility index (Phi) is 6.19. The van der Waals surface area contributed by atoms with Gasteiger partial charge < -0.3 is 10.0 Å². The van der Waals surface area contributed by atoms with Crippen LogP contribution in [0.1, 0.15) is 39.5 Å². The van der Waals surface area contributed by atoms with Crippen LogP contribution in [0.5, 0.6) is 5.75 Å². The summed E-state index contributed by atoms with van der Waals surface area (Å²) in [5, 5.41) is 12.4. The molecule has 0 spiro atoms. The van der Waals surface area contributed by atoms with Gasteiger partial charge in [-0.05, 0) is 30.2 Å². The average molecular weight is 250 g/mol. The fourth-order valence-electron chi connectivity index (χ4n) is 1.85. The van der Waals surface area contributed by atoms with Crippen molar-refractivity contribution in [2.24, 2.45) is 5.18 Å². The van der Waals surface area contributed by atoms with Crippen molar-refractivity contribution in [2.75, 3.05) is 18.0 Å². The smallest absolute Gasteiger partial charge is 0.149 e. The van der Waals surface area contributed by atoms with Crippen molar-refractivity contribution in [3.8, 4) is 5.75 Å². The molecule has 0 saturated heterocycles. The Morgan fingerprint density at radius 3 is 2.22 bits per heavy atom. The number of unbranched alkanes of at least 4 members (excludes halogenated alkanes) is 2. The molecule has 0 aliphatic heterocycles. The molecule has 0 bridgehead atoms. The summed E-state index contributed by atoms with van der Waals surface area (Å²) >= 11 is 0. The summed E-state index contributed by atoms with van der Waals surface area (Å²) in [5.74, 6) is -0.0412. The van der Waals surface area contributed by atoms with Gasteiger partial charge in [0.05, 0.1) is 0 Å². The number of rotatable bonds is 8. The summed E-state index contributed by atoms with van der Waals surface area (Å²) < 4.78 is 0. The Balaban J connectivity index is 2.82. The Morgan fingerprint density at radius 2 is 1.78 bits per heavy atom. The number of phenolic OH excluding ortho intramolecular Hbond substituents is 1. The molecule has 0 aliphatic carbocycles. The minimum absolute atomic E-state index is 0.0412. The highest BCUT2D eigenvalue weighted by Gasteiger charge is 2.09. The molecule has 0 aliphatic rings. The van der Waals surface area contributed by atoms with E-state index in [0.29, 0.717) is 0 Å². The van der Waals surface area contributed by atoms with Crippen molar-refractivity contribution in [1.82, 2.24) is 0 Å². The lowest BCUT2D eigenvalue weighted by Gasteiger charge is -2.24. The SMILES string of the molecule is CCCCN(CCCC)c1ccc(N=O)c(O)c1. The highest BCUT2D eigenvalue weighted by Crippen LogP contribution is 2.31. The van der Waals surface area contributed by atoms with Crippen LogP contribution in [-0.4, -0.2) is 18.2 Å². The molecule has 0 atom stereocenters. The minimum Gasteiger partial charge on any atom is -0.505 e. The average Bonchev–Trinajstić information content (AvgIpc) is 2.39. The first-order chi connectivity index (χ1) is 8.72. The van der Waals surface area contributed by atoms with Crippen LogP contribution < -0.4 is 4.90 Å². The van der Waals surface area contributed by atoms with Crippen molar-refractivity contribution in [3.05, 3.63) is 23.1 Å². The van der Waals surface area contributed by atoms with Gasteiger partial charge in [0.25, 0.3) is 0 Å². The largest absolute Gasteiger partial charge is 0.505 e. The molecule has 1 N–H and O–H groups in total. The third-order valence-corrected chi connectivity index (χ3v) is 2.99. The van der Waals surface area contributed by atoms with Gasteiger partial charge in [-0.1, -0.05) is 26.7 Å². The molecule has 0 amide bonds. The van der Waals surface area contributed by atoms with Gasteiger partial charge >= 0.3 is 0 Å². The summed E-state index contributed by atoms with van der Waals surface area (Å²) in [4.78, 5) is 12.7. The Hall–Kier alpha value is -1.58. The van der Waals surface area contributed by atoms with E-state index >= 15 is 0 Å². The van der Waals surface area contributed by atoms with Crippen LogP contribution in [0, 0.1) is 4.91 Å². The van der Waals surface area contributed by atoms with Crippen LogP contribution in [0.4, 0.5) is 11.4 Å². The van der Waals surface area contributed by atoms with Crippen molar-refractivity contribution < 1.29 is 5.11 Å². The molecule has 0 fully saturated rings. The van der Waals surface area contributed by atoms with Crippen molar-refractivity contribution >= 4 is 11.4 Å². The quantitative estimate of drug-likeness (QED) is 0.703. The van der Waals surface area contributed by atoms with Crippen LogP contribution >= 0.6 is 0 Å². The van der Waals surface area contributed by atoms with Gasteiger partial charge in [-0.3, -0.25) is 0 Å². The molecule has 18 heavy (non-hydrogen) atoms. The van der Waals surface area contributed by atoms with Crippen molar-refractivity contribution in [3.63, 3.8) is 0 Å². The van der Waals surface area contributed by atoms with Crippen LogP contribution in [0.3, 0.4) is 0 Å². The second-order valence-corrected chi connectivity index (χ2v) is 4.46. The number of hydrogen-bond acceptors (Lipinski definition) is 4. The normalized spacial score (nSPS) is 10.3. The molecular weight excluding hydrogens is 228 g/mol. The number of nitrogens with zero attached hydrogens (tertiary/aromatic N) is 2. The number of hydrogen-bond donors (Lipinski definition) is 1. The third kappa shape index (κ3) is 4.02. The van der Waals surface area contributed by atoms with Gasteiger partial charge in [0, 0.05) is 24.8 Å². The highest BCUT2D eigenvalue weighted by atomic mass is 16.3. The van der Waals surface area contributed by atoms with Crippen LogP contribution in [0.2, 0.25) is 0 Å². The van der Waals surface area contributed by atoms with Crippen molar-refractivity contribution in [2.45, 2.75) is 39.5 Å². The lowest BCUT2D eigenvalue weighted by atomic mass is 10.2. The fourth-order valence-corrected chi connectivity index (χ4v) is 1.85. The Bertz CT molecular complexity index is 372. The van der Waals surface area contributed by atoms with E-state index in [1.54, 1.807) is 12.1 Å². The van der Waals surface area contributed by atoms with E-state index in [2.05, 4.69) is 23.9 Å². The predicted octanol–water partition coefficient (Wildman–Crippen LogP) is 4.20. The van der Waals surface area contributed by atoms with Gasteiger partial charge in [0.2, 0.25) is 0 Å². The molecule has 0 unspecified atom stereocenters. The van der Waals surface area contributed by atoms with Gasteiger partial charge in [-0.25, -0.2) is 0 Å². The maximum Gasteiger partial charge on any atom is 0.149 e. The van der Waals surface area contributed by atoms with Gasteiger partial charge in [0.15, 0.2) is 0 Å². The summed E-state index contributed by atoms with van der Waals surface area (Å²) in [6, 6.07) is 5.05. The summed E-state index contributed by atoms with van der Waals surface area (Å²) in [5.41, 5.74) is 1.06. The van der Waals surface area contributed by atoms with Gasteiger partial charge in [-0.2, -0.15) is 0 Å². The maximum absolute atomic E-state index is 10.4. The standard InChI is InChI=1S/C14H22N2O2/c1-3-5-9-16(10-6-4-2)12-7-8-13(15-18)14(17)11-12/h7-8,11,17H,3-6,9-10H2,1-2H3. The molecule has 0 aromatic heterocycles. The van der Waals surface area contributed by atoms with Crippen LogP contribution in [-0.2, 0) is 0 Å². The Labute approximate surface area is 109 Å². The number of phenols is 1. The fraction of sp³-hybridized carbons (Fsp3) is 0.571. The van der Waals surface area contributed by atoms with E-state index in [0.717, 1.165) is 44.5 Å². The topological polar surface area (TPSA) is 52.9 Å². The maximum atomic E-state index is 10.4. The first-order valence-corrected chi connectivity index (χ1v) is 6.64. The minimum atomic E-state index is -0.0412. The van der Waals surface area contributed by atoms with Crippen LogP contribution in [0.25, 0.3) is 0 Å². The zero-order chi connectivity index (χ0) is 13.4. The second kappa shape index (κ2) is 7.69.